The van der Waals surface area contributed by atoms with Gasteiger partial charge in [0.15, 0.2) is 0 Å². The molecule has 0 aliphatic carbocycles. The van der Waals surface area contributed by atoms with Gasteiger partial charge in [0.25, 0.3) is 0 Å². The number of fused-ring (bicyclic) bond motifs is 1. The Morgan fingerprint density at radius 1 is 1.06 bits per heavy atom. The Hall–Kier alpha value is -3.12. The molecule has 0 saturated heterocycles. The Kier molecular flexibility index (Phi) is 6.67. The number of unbranched alkanes of at least 4 members (excludes halogenated alkanes) is 1. The summed E-state index contributed by atoms with van der Waals surface area (Å²) in [5.41, 5.74) is 3.49. The smallest absolute Gasteiger partial charge is 0.311 e. The number of nitrogens with zero attached hydrogens (tertiary/aromatic N) is 2. The van der Waals surface area contributed by atoms with Gasteiger partial charge in [-0.1, -0.05) is 55.8 Å². The Bertz CT molecular complexity index is 1190. The van der Waals surface area contributed by atoms with E-state index in [0.29, 0.717) is 18.7 Å². The predicted molar refractivity (Wildman–Crippen MR) is 127 cm³/mol. The number of ether oxygens (including phenoxy) is 1. The van der Waals surface area contributed by atoms with Gasteiger partial charge in [-0.15, -0.1) is 0 Å². The number of para-hydroxylation sites is 1. The molecule has 4 aromatic rings. The number of anilines is 1. The quantitative estimate of drug-likeness (QED) is 0.233. The fourth-order valence-electron chi connectivity index (χ4n) is 3.40. The summed E-state index contributed by atoms with van der Waals surface area (Å²) in [6.07, 6.45) is 4.15. The normalized spacial score (nSPS) is 10.9. The van der Waals surface area contributed by atoms with Crippen molar-refractivity contribution in [3.63, 3.8) is 0 Å². The molecule has 0 amide bonds. The molecule has 158 valence electrons. The summed E-state index contributed by atoms with van der Waals surface area (Å²) < 4.78 is 8.68. The van der Waals surface area contributed by atoms with Crippen LogP contribution in [-0.2, 0) is 11.3 Å². The van der Waals surface area contributed by atoms with Crippen molar-refractivity contribution in [2.45, 2.75) is 32.7 Å². The van der Waals surface area contributed by atoms with Gasteiger partial charge in [-0.05, 0) is 52.2 Å². The molecular weight excluding hydrogens is 454 g/mol. The van der Waals surface area contributed by atoms with E-state index in [9.17, 15) is 4.79 Å². The summed E-state index contributed by atoms with van der Waals surface area (Å²) in [5, 5.41) is 3.53. The van der Waals surface area contributed by atoms with E-state index in [1.165, 1.54) is 0 Å². The molecule has 0 radical (unpaired) electrons. The van der Waals surface area contributed by atoms with E-state index in [1.807, 2.05) is 65.2 Å². The van der Waals surface area contributed by atoms with Crippen molar-refractivity contribution in [2.75, 3.05) is 5.32 Å². The molecule has 4 rings (SSSR count). The monoisotopic (exact) mass is 477 g/mol. The minimum atomic E-state index is -0.223. The van der Waals surface area contributed by atoms with Crippen molar-refractivity contribution in [3.8, 4) is 17.0 Å². The molecule has 0 bridgehead atoms. The minimum Gasteiger partial charge on any atom is -0.426 e. The van der Waals surface area contributed by atoms with Gasteiger partial charge in [-0.3, -0.25) is 9.20 Å². The number of imidazole rings is 1. The van der Waals surface area contributed by atoms with Crippen molar-refractivity contribution >= 4 is 33.4 Å². The summed E-state index contributed by atoms with van der Waals surface area (Å²) in [6, 6.07) is 21.7. The van der Waals surface area contributed by atoms with Crippen LogP contribution in [0.1, 0.15) is 31.7 Å². The molecule has 0 fully saturated rings. The number of halogens is 1. The van der Waals surface area contributed by atoms with Crippen LogP contribution in [-0.4, -0.2) is 15.4 Å². The van der Waals surface area contributed by atoms with Crippen molar-refractivity contribution in [2.24, 2.45) is 0 Å². The molecule has 2 heterocycles. The van der Waals surface area contributed by atoms with Crippen LogP contribution in [0.15, 0.2) is 77.4 Å². The topological polar surface area (TPSA) is 55.6 Å². The molecule has 0 aliphatic heterocycles. The number of pyridine rings is 1. The molecule has 31 heavy (non-hydrogen) atoms. The van der Waals surface area contributed by atoms with Gasteiger partial charge in [0.05, 0.1) is 0 Å². The number of rotatable bonds is 8. The van der Waals surface area contributed by atoms with Crippen LogP contribution in [0.4, 0.5) is 5.82 Å². The molecule has 0 aliphatic rings. The van der Waals surface area contributed by atoms with Crippen molar-refractivity contribution in [1.82, 2.24) is 9.38 Å². The molecule has 6 heteroatoms. The lowest BCUT2D eigenvalue weighted by Crippen LogP contribution is -2.08. The first kappa shape index (κ1) is 21.1. The largest absolute Gasteiger partial charge is 0.426 e. The highest BCUT2D eigenvalue weighted by Gasteiger charge is 2.19. The number of aromatic nitrogens is 2. The van der Waals surface area contributed by atoms with E-state index < -0.39 is 0 Å². The maximum atomic E-state index is 12.3. The van der Waals surface area contributed by atoms with E-state index in [-0.39, 0.29) is 5.97 Å². The van der Waals surface area contributed by atoms with Gasteiger partial charge in [0, 0.05) is 29.2 Å². The second kappa shape index (κ2) is 9.79. The van der Waals surface area contributed by atoms with E-state index in [1.54, 1.807) is 0 Å². The molecule has 1 N–H and O–H groups in total. The molecule has 2 aromatic heterocycles. The van der Waals surface area contributed by atoms with Gasteiger partial charge in [-0.25, -0.2) is 4.98 Å². The zero-order valence-corrected chi connectivity index (χ0v) is 18.9. The maximum Gasteiger partial charge on any atom is 0.311 e. The van der Waals surface area contributed by atoms with Crippen LogP contribution in [0.5, 0.6) is 5.75 Å². The van der Waals surface area contributed by atoms with E-state index in [0.717, 1.165) is 45.6 Å². The Morgan fingerprint density at radius 2 is 1.84 bits per heavy atom. The molecule has 2 aromatic carbocycles. The van der Waals surface area contributed by atoms with Crippen molar-refractivity contribution in [1.29, 1.82) is 0 Å². The summed E-state index contributed by atoms with van der Waals surface area (Å²) in [7, 11) is 0. The SMILES string of the molecule is CCCCC(=O)Oc1ccccc1-c1nc2ccc(Br)cn2c1NCc1ccccc1. The molecule has 0 spiro atoms. The highest BCUT2D eigenvalue weighted by atomic mass is 79.9. The third kappa shape index (κ3) is 4.97. The maximum absolute atomic E-state index is 12.3. The number of nitrogens with one attached hydrogen (secondary N) is 1. The first-order valence-corrected chi connectivity index (χ1v) is 11.2. The van der Waals surface area contributed by atoms with Crippen LogP contribution < -0.4 is 10.1 Å². The second-order valence-electron chi connectivity index (χ2n) is 7.30. The lowest BCUT2D eigenvalue weighted by molar-refractivity contribution is -0.134. The number of esters is 1. The first-order valence-electron chi connectivity index (χ1n) is 10.4. The van der Waals surface area contributed by atoms with Gasteiger partial charge >= 0.3 is 5.97 Å². The van der Waals surface area contributed by atoms with Crippen LogP contribution in [0, 0.1) is 0 Å². The fraction of sp³-hybridized carbons (Fsp3) is 0.200. The zero-order valence-electron chi connectivity index (χ0n) is 17.3. The first-order chi connectivity index (χ1) is 15.2. The Balaban J connectivity index is 1.74. The molecular formula is C25H24BrN3O2. The Morgan fingerprint density at radius 3 is 2.65 bits per heavy atom. The van der Waals surface area contributed by atoms with E-state index >= 15 is 0 Å². The lowest BCUT2D eigenvalue weighted by atomic mass is 10.1. The van der Waals surface area contributed by atoms with Crippen molar-refractivity contribution < 1.29 is 9.53 Å². The highest BCUT2D eigenvalue weighted by molar-refractivity contribution is 9.10. The zero-order chi connectivity index (χ0) is 21.6. The van der Waals surface area contributed by atoms with Gasteiger partial charge in [0.1, 0.15) is 22.9 Å². The van der Waals surface area contributed by atoms with Gasteiger partial charge in [0.2, 0.25) is 0 Å². The van der Waals surface area contributed by atoms with Gasteiger partial charge < -0.3 is 10.1 Å². The number of carbonyl (C=O) groups is 1. The van der Waals surface area contributed by atoms with Crippen LogP contribution in [0.2, 0.25) is 0 Å². The molecule has 5 nitrogen and oxygen atoms in total. The number of benzene rings is 2. The van der Waals surface area contributed by atoms with E-state index in [4.69, 9.17) is 9.72 Å². The third-order valence-corrected chi connectivity index (χ3v) is 5.45. The average Bonchev–Trinajstić information content (AvgIpc) is 3.14. The number of hydrogen-bond acceptors (Lipinski definition) is 4. The summed E-state index contributed by atoms with van der Waals surface area (Å²) in [4.78, 5) is 17.2. The highest BCUT2D eigenvalue weighted by Crippen LogP contribution is 2.36. The molecule has 0 saturated carbocycles. The fourth-order valence-corrected chi connectivity index (χ4v) is 3.74. The number of hydrogen-bond donors (Lipinski definition) is 1. The minimum absolute atomic E-state index is 0.223. The van der Waals surface area contributed by atoms with Crippen LogP contribution in [0.3, 0.4) is 0 Å². The van der Waals surface area contributed by atoms with Gasteiger partial charge in [-0.2, -0.15) is 0 Å². The Labute approximate surface area is 190 Å². The lowest BCUT2D eigenvalue weighted by Gasteiger charge is -2.12. The van der Waals surface area contributed by atoms with Crippen molar-refractivity contribution in [3.05, 3.63) is 83.0 Å². The van der Waals surface area contributed by atoms with E-state index in [2.05, 4.69) is 40.3 Å². The summed E-state index contributed by atoms with van der Waals surface area (Å²) >= 11 is 3.55. The van der Waals surface area contributed by atoms with Crippen LogP contribution in [0.25, 0.3) is 16.9 Å². The standard InChI is InChI=1S/C25H24BrN3O2/c1-2-3-13-23(30)31-21-12-8-7-11-20(21)24-25(27-16-18-9-5-4-6-10-18)29-17-19(26)14-15-22(29)28-24/h4-12,14-15,17,27H,2-3,13,16H2,1H3. The predicted octanol–water partition coefficient (Wildman–Crippen LogP) is 6.47. The third-order valence-electron chi connectivity index (χ3n) is 4.99. The molecule has 0 unspecified atom stereocenters. The summed E-state index contributed by atoms with van der Waals surface area (Å²) in [5.74, 6) is 1.14. The van der Waals surface area contributed by atoms with Crippen LogP contribution >= 0.6 is 15.9 Å². The average molecular weight is 478 g/mol. The molecule has 0 atom stereocenters. The summed E-state index contributed by atoms with van der Waals surface area (Å²) in [6.45, 7) is 2.70. The second-order valence-corrected chi connectivity index (χ2v) is 8.21. The number of carbonyl (C=O) groups excluding carboxylic acids is 1.